The van der Waals surface area contributed by atoms with Crippen molar-refractivity contribution in [2.45, 2.75) is 12.6 Å². The van der Waals surface area contributed by atoms with Gasteiger partial charge in [0.15, 0.2) is 0 Å². The van der Waals surface area contributed by atoms with E-state index in [0.717, 1.165) is 10.9 Å². The van der Waals surface area contributed by atoms with E-state index in [-0.39, 0.29) is 11.5 Å². The standard InChI is InChI=1S/C16H18NO3PS/c1-2-20-21(22,15-11-7-4-8-12-15)16(13-17(18)19)14-9-5-3-6-10-14/h3-12,16H,2,13H2,1H3. The molecule has 2 unspecified atom stereocenters. The van der Waals surface area contributed by atoms with E-state index in [0.29, 0.717) is 6.61 Å². The van der Waals surface area contributed by atoms with E-state index in [4.69, 9.17) is 16.3 Å². The average molecular weight is 335 g/mol. The van der Waals surface area contributed by atoms with Gasteiger partial charge in [0, 0.05) is 16.8 Å². The van der Waals surface area contributed by atoms with Gasteiger partial charge in [0.05, 0.1) is 0 Å². The normalized spacial score (nSPS) is 15.0. The molecule has 0 aliphatic rings. The zero-order valence-electron chi connectivity index (χ0n) is 12.3. The van der Waals surface area contributed by atoms with E-state index in [2.05, 4.69) is 0 Å². The van der Waals surface area contributed by atoms with Crippen molar-refractivity contribution < 1.29 is 9.45 Å². The fraction of sp³-hybridized carbons (Fsp3) is 0.250. The maximum absolute atomic E-state index is 11.2. The minimum absolute atomic E-state index is 0.226. The van der Waals surface area contributed by atoms with Crippen LogP contribution in [-0.4, -0.2) is 18.1 Å². The van der Waals surface area contributed by atoms with E-state index in [1.165, 1.54) is 0 Å². The van der Waals surface area contributed by atoms with Gasteiger partial charge in [0.1, 0.15) is 11.9 Å². The molecule has 0 amide bonds. The molecule has 2 atom stereocenters. The van der Waals surface area contributed by atoms with Crippen LogP contribution in [0.5, 0.6) is 0 Å². The zero-order chi connectivity index (χ0) is 16.0. The maximum Gasteiger partial charge on any atom is 0.217 e. The van der Waals surface area contributed by atoms with Gasteiger partial charge in [-0.3, -0.25) is 10.1 Å². The maximum atomic E-state index is 11.2. The Labute approximate surface area is 135 Å². The van der Waals surface area contributed by atoms with Crippen LogP contribution in [0.2, 0.25) is 0 Å². The Morgan fingerprint density at radius 3 is 2.18 bits per heavy atom. The zero-order valence-corrected chi connectivity index (χ0v) is 14.0. The lowest BCUT2D eigenvalue weighted by molar-refractivity contribution is -0.480. The first-order chi connectivity index (χ1) is 10.6. The highest BCUT2D eigenvalue weighted by Gasteiger charge is 2.36. The van der Waals surface area contributed by atoms with Gasteiger partial charge in [0.2, 0.25) is 6.54 Å². The van der Waals surface area contributed by atoms with Gasteiger partial charge in [0.25, 0.3) is 0 Å². The molecule has 0 aliphatic carbocycles. The first-order valence-corrected chi connectivity index (χ1v) is 9.83. The van der Waals surface area contributed by atoms with E-state index in [1.807, 2.05) is 67.6 Å². The summed E-state index contributed by atoms with van der Waals surface area (Å²) in [5.74, 6) is 0. The molecule has 0 aliphatic heterocycles. The fourth-order valence-electron chi connectivity index (χ4n) is 2.40. The third-order valence-electron chi connectivity index (χ3n) is 3.35. The van der Waals surface area contributed by atoms with Gasteiger partial charge >= 0.3 is 0 Å². The van der Waals surface area contributed by atoms with Gasteiger partial charge in [-0.25, -0.2) is 0 Å². The highest BCUT2D eigenvalue weighted by atomic mass is 32.4. The molecular weight excluding hydrogens is 317 g/mol. The molecule has 2 aromatic rings. The summed E-state index contributed by atoms with van der Waals surface area (Å²) >= 11 is 5.87. The number of nitro groups is 1. The Balaban J connectivity index is 2.54. The minimum Gasteiger partial charge on any atom is -0.346 e. The molecule has 2 aromatic carbocycles. The van der Waals surface area contributed by atoms with Crippen LogP contribution in [0, 0.1) is 10.1 Å². The second-order valence-corrected chi connectivity index (χ2v) is 9.01. The number of benzene rings is 2. The van der Waals surface area contributed by atoms with Crippen LogP contribution in [0.15, 0.2) is 60.7 Å². The van der Waals surface area contributed by atoms with Gasteiger partial charge in [-0.2, -0.15) is 0 Å². The second-order valence-electron chi connectivity index (χ2n) is 4.79. The summed E-state index contributed by atoms with van der Waals surface area (Å²) in [5.41, 5.74) is 0.431. The lowest BCUT2D eigenvalue weighted by atomic mass is 10.1. The van der Waals surface area contributed by atoms with E-state index in [9.17, 15) is 10.1 Å². The van der Waals surface area contributed by atoms with Crippen molar-refractivity contribution >= 4 is 23.4 Å². The first-order valence-electron chi connectivity index (χ1n) is 7.04. The Morgan fingerprint density at radius 2 is 1.68 bits per heavy atom. The molecule has 0 heterocycles. The molecule has 4 nitrogen and oxygen atoms in total. The average Bonchev–Trinajstić information content (AvgIpc) is 2.54. The fourth-order valence-corrected chi connectivity index (χ4v) is 6.22. The van der Waals surface area contributed by atoms with Gasteiger partial charge in [-0.1, -0.05) is 72.5 Å². The summed E-state index contributed by atoms with van der Waals surface area (Å²) in [6.45, 7) is 2.08. The number of hydrogen-bond donors (Lipinski definition) is 0. The van der Waals surface area contributed by atoms with Crippen LogP contribution in [0.3, 0.4) is 0 Å². The summed E-state index contributed by atoms with van der Waals surface area (Å²) < 4.78 is 5.95. The predicted octanol–water partition coefficient (Wildman–Crippen LogP) is 3.76. The van der Waals surface area contributed by atoms with Crippen molar-refractivity contribution in [2.24, 2.45) is 0 Å². The third-order valence-corrected chi connectivity index (χ3v) is 8.01. The van der Waals surface area contributed by atoms with Crippen LogP contribution < -0.4 is 5.30 Å². The smallest absolute Gasteiger partial charge is 0.217 e. The molecule has 0 N–H and O–H groups in total. The third kappa shape index (κ3) is 3.80. The monoisotopic (exact) mass is 335 g/mol. The van der Waals surface area contributed by atoms with Gasteiger partial charge < -0.3 is 4.52 Å². The molecule has 0 radical (unpaired) electrons. The largest absolute Gasteiger partial charge is 0.346 e. The van der Waals surface area contributed by atoms with Crippen LogP contribution >= 0.6 is 6.26 Å². The summed E-state index contributed by atoms with van der Waals surface area (Å²) in [5, 5.41) is 12.1. The molecule has 6 heteroatoms. The molecule has 0 bridgehead atoms. The van der Waals surface area contributed by atoms with Gasteiger partial charge in [-0.05, 0) is 12.5 Å². The highest BCUT2D eigenvalue weighted by molar-refractivity contribution is 8.16. The minimum atomic E-state index is -2.57. The summed E-state index contributed by atoms with van der Waals surface area (Å²) in [7, 11) is 0. The lowest BCUT2D eigenvalue weighted by Crippen LogP contribution is -2.20. The molecule has 116 valence electrons. The molecule has 0 fully saturated rings. The van der Waals surface area contributed by atoms with E-state index >= 15 is 0 Å². The predicted molar refractivity (Wildman–Crippen MR) is 93.0 cm³/mol. The Hall–Kier alpha value is -1.55. The van der Waals surface area contributed by atoms with Crippen molar-refractivity contribution in [2.75, 3.05) is 13.2 Å². The summed E-state index contributed by atoms with van der Waals surface area (Å²) in [4.78, 5) is 10.9. The van der Waals surface area contributed by atoms with Crippen molar-refractivity contribution in [3.8, 4) is 0 Å². The van der Waals surface area contributed by atoms with Crippen molar-refractivity contribution in [3.63, 3.8) is 0 Å². The van der Waals surface area contributed by atoms with E-state index in [1.54, 1.807) is 0 Å². The van der Waals surface area contributed by atoms with Crippen LogP contribution in [0.4, 0.5) is 0 Å². The SMILES string of the molecule is CCOP(=S)(c1ccccc1)C(C[N+](=O)[O-])c1ccccc1. The molecular formula is C16H18NO3PS. The number of rotatable bonds is 7. The first kappa shape index (κ1) is 16.8. The molecule has 22 heavy (non-hydrogen) atoms. The molecule has 2 rings (SSSR count). The van der Waals surface area contributed by atoms with Crippen LogP contribution in [-0.2, 0) is 16.3 Å². The van der Waals surface area contributed by atoms with Crippen molar-refractivity contribution in [3.05, 3.63) is 76.3 Å². The van der Waals surface area contributed by atoms with Crippen LogP contribution in [0.25, 0.3) is 0 Å². The molecule has 0 saturated heterocycles. The van der Waals surface area contributed by atoms with E-state index < -0.39 is 11.9 Å². The lowest BCUT2D eigenvalue weighted by Gasteiger charge is -2.29. The van der Waals surface area contributed by atoms with Crippen LogP contribution in [0.1, 0.15) is 18.1 Å². The highest BCUT2D eigenvalue weighted by Crippen LogP contribution is 2.59. The quantitative estimate of drug-likeness (QED) is 0.439. The Kier molecular flexibility index (Phi) is 5.83. The Morgan fingerprint density at radius 1 is 1.14 bits per heavy atom. The number of nitrogens with zero attached hydrogens (tertiary/aromatic N) is 1. The van der Waals surface area contributed by atoms with Crippen molar-refractivity contribution in [1.82, 2.24) is 0 Å². The Bertz CT molecular complexity index is 664. The summed E-state index contributed by atoms with van der Waals surface area (Å²) in [6, 6.07) is 18.9. The number of hydrogen-bond acceptors (Lipinski definition) is 4. The second kappa shape index (κ2) is 7.63. The molecule has 0 spiro atoms. The van der Waals surface area contributed by atoms with Crippen molar-refractivity contribution in [1.29, 1.82) is 0 Å². The topological polar surface area (TPSA) is 52.4 Å². The molecule has 0 aromatic heterocycles. The molecule has 0 saturated carbocycles. The van der Waals surface area contributed by atoms with Gasteiger partial charge in [-0.15, -0.1) is 0 Å². The summed E-state index contributed by atoms with van der Waals surface area (Å²) in [6.07, 6.45) is -2.57.